The second-order valence-corrected chi connectivity index (χ2v) is 6.21. The molecule has 2 aromatic rings. The molecule has 2 aromatic heterocycles. The molecule has 3 rings (SSSR count). The molecule has 90 valence electrons. The monoisotopic (exact) mass is 268 g/mol. The van der Waals surface area contributed by atoms with Crippen molar-refractivity contribution >= 4 is 28.2 Å². The van der Waals surface area contributed by atoms with Crippen molar-refractivity contribution in [3.63, 3.8) is 0 Å². The van der Waals surface area contributed by atoms with Crippen LogP contribution in [-0.4, -0.2) is 21.4 Å². The van der Waals surface area contributed by atoms with E-state index in [4.69, 9.17) is 4.52 Å². The van der Waals surface area contributed by atoms with E-state index >= 15 is 0 Å². The number of nitrogens with one attached hydrogen (secondary N) is 1. The van der Waals surface area contributed by atoms with E-state index < -0.39 is 0 Å². The maximum absolute atomic E-state index is 5.01. The predicted molar refractivity (Wildman–Crippen MR) is 67.4 cm³/mol. The number of anilines is 1. The van der Waals surface area contributed by atoms with Crippen LogP contribution in [0.4, 0.5) is 5.13 Å². The van der Waals surface area contributed by atoms with Crippen molar-refractivity contribution in [2.24, 2.45) is 0 Å². The molecule has 0 aromatic carbocycles. The van der Waals surface area contributed by atoms with Gasteiger partial charge in [0.1, 0.15) is 5.76 Å². The lowest BCUT2D eigenvalue weighted by Gasteiger charge is -1.94. The van der Waals surface area contributed by atoms with Gasteiger partial charge in [-0.2, -0.15) is 0 Å². The van der Waals surface area contributed by atoms with Crippen LogP contribution < -0.4 is 5.32 Å². The van der Waals surface area contributed by atoms with Gasteiger partial charge in [0, 0.05) is 17.9 Å². The van der Waals surface area contributed by atoms with Crippen LogP contribution in [0.25, 0.3) is 0 Å². The number of rotatable bonds is 5. The maximum Gasteiger partial charge on any atom is 0.206 e. The Kier molecular flexibility index (Phi) is 3.02. The van der Waals surface area contributed by atoms with Crippen LogP contribution in [0, 0.1) is 6.92 Å². The Morgan fingerprint density at radius 2 is 2.41 bits per heavy atom. The highest BCUT2D eigenvalue weighted by Crippen LogP contribution is 2.31. The zero-order chi connectivity index (χ0) is 11.7. The first-order chi connectivity index (χ1) is 8.29. The normalized spacial score (nSPS) is 15.1. The van der Waals surface area contributed by atoms with Gasteiger partial charge < -0.3 is 9.84 Å². The Labute approximate surface area is 107 Å². The summed E-state index contributed by atoms with van der Waals surface area (Å²) in [6, 6.07) is 2.57. The fraction of sp³-hybridized carbons (Fsp3) is 0.500. The molecule has 17 heavy (non-hydrogen) atoms. The van der Waals surface area contributed by atoms with E-state index in [-0.39, 0.29) is 0 Å². The molecule has 0 atom stereocenters. The lowest BCUT2D eigenvalue weighted by atomic mass is 10.4. The number of hydrogen-bond donors (Lipinski definition) is 1. The molecule has 1 saturated carbocycles. The molecular formula is C10H12N4OS2. The molecule has 0 saturated heterocycles. The summed E-state index contributed by atoms with van der Waals surface area (Å²) < 4.78 is 5.98. The minimum Gasteiger partial charge on any atom is -0.361 e. The molecule has 1 fully saturated rings. The molecule has 1 N–H and O–H groups in total. The number of nitrogens with zero attached hydrogens (tertiary/aromatic N) is 3. The summed E-state index contributed by atoms with van der Waals surface area (Å²) in [6.07, 6.45) is 2.50. The average Bonchev–Trinajstić information content (AvgIpc) is 2.84. The van der Waals surface area contributed by atoms with Crippen LogP contribution in [0.3, 0.4) is 0 Å². The molecule has 0 aliphatic heterocycles. The van der Waals surface area contributed by atoms with Crippen LogP contribution in [0.15, 0.2) is 14.9 Å². The van der Waals surface area contributed by atoms with Gasteiger partial charge in [0.05, 0.1) is 5.69 Å². The van der Waals surface area contributed by atoms with Crippen molar-refractivity contribution in [2.45, 2.75) is 35.9 Å². The van der Waals surface area contributed by atoms with Gasteiger partial charge >= 0.3 is 0 Å². The lowest BCUT2D eigenvalue weighted by molar-refractivity contribution is 0.393. The Bertz CT molecular complexity index is 506. The number of hydrogen-bond acceptors (Lipinski definition) is 7. The molecular weight excluding hydrogens is 256 g/mol. The summed E-state index contributed by atoms with van der Waals surface area (Å²) in [5.41, 5.74) is 0.944. The summed E-state index contributed by atoms with van der Waals surface area (Å²) >= 11 is 3.24. The minimum atomic E-state index is 0.624. The van der Waals surface area contributed by atoms with Gasteiger partial charge in [-0.05, 0) is 19.8 Å². The van der Waals surface area contributed by atoms with Crippen LogP contribution in [-0.2, 0) is 5.75 Å². The second-order valence-electron chi connectivity index (χ2n) is 4.01. The van der Waals surface area contributed by atoms with Crippen molar-refractivity contribution in [2.75, 3.05) is 5.32 Å². The van der Waals surface area contributed by atoms with E-state index in [9.17, 15) is 0 Å². The van der Waals surface area contributed by atoms with Gasteiger partial charge in [-0.3, -0.25) is 0 Å². The van der Waals surface area contributed by atoms with E-state index in [1.54, 1.807) is 23.1 Å². The number of aryl methyl sites for hydroxylation is 1. The standard InChI is InChI=1S/C10H12N4OS2/c1-6-4-8(14-15-6)5-16-10-13-12-9(17-10)11-7-2-3-7/h4,7H,2-3,5H2,1H3,(H,11,12). The highest BCUT2D eigenvalue weighted by molar-refractivity contribution is 8.00. The molecule has 5 nitrogen and oxygen atoms in total. The van der Waals surface area contributed by atoms with Crippen molar-refractivity contribution in [3.8, 4) is 0 Å². The number of aromatic nitrogens is 3. The second kappa shape index (κ2) is 4.66. The Hall–Kier alpha value is -1.08. The first kappa shape index (κ1) is 11.0. The minimum absolute atomic E-state index is 0.624. The van der Waals surface area contributed by atoms with Gasteiger partial charge in [0.15, 0.2) is 4.34 Å². The third-order valence-corrected chi connectivity index (χ3v) is 4.35. The largest absolute Gasteiger partial charge is 0.361 e. The van der Waals surface area contributed by atoms with Crippen LogP contribution >= 0.6 is 23.1 Å². The van der Waals surface area contributed by atoms with E-state index in [2.05, 4.69) is 20.7 Å². The highest BCUT2D eigenvalue weighted by atomic mass is 32.2. The average molecular weight is 268 g/mol. The first-order valence-electron chi connectivity index (χ1n) is 5.44. The van der Waals surface area contributed by atoms with E-state index in [0.717, 1.165) is 26.7 Å². The molecule has 0 spiro atoms. The third-order valence-electron chi connectivity index (χ3n) is 2.33. The summed E-state index contributed by atoms with van der Waals surface area (Å²) in [6.45, 7) is 1.89. The Morgan fingerprint density at radius 3 is 3.12 bits per heavy atom. The van der Waals surface area contributed by atoms with Crippen LogP contribution in [0.5, 0.6) is 0 Å². The summed E-state index contributed by atoms with van der Waals surface area (Å²) in [7, 11) is 0. The number of thioether (sulfide) groups is 1. The molecule has 2 heterocycles. The molecule has 0 unspecified atom stereocenters. The molecule has 0 amide bonds. The molecule has 0 radical (unpaired) electrons. The molecule has 1 aliphatic rings. The topological polar surface area (TPSA) is 63.8 Å². The van der Waals surface area contributed by atoms with Crippen molar-refractivity contribution in [3.05, 3.63) is 17.5 Å². The highest BCUT2D eigenvalue weighted by Gasteiger charge is 2.22. The van der Waals surface area contributed by atoms with E-state index in [0.29, 0.717) is 6.04 Å². The SMILES string of the molecule is Cc1cc(CSc2nnc(NC3CC3)s2)no1. The zero-order valence-corrected chi connectivity index (χ0v) is 11.0. The van der Waals surface area contributed by atoms with E-state index in [1.165, 1.54) is 12.8 Å². The summed E-state index contributed by atoms with van der Waals surface area (Å²) in [4.78, 5) is 0. The fourth-order valence-corrected chi connectivity index (χ4v) is 3.06. The van der Waals surface area contributed by atoms with Gasteiger partial charge in [-0.15, -0.1) is 10.2 Å². The predicted octanol–water partition coefficient (Wildman–Crippen LogP) is 2.70. The van der Waals surface area contributed by atoms with E-state index in [1.807, 2.05) is 13.0 Å². The molecule has 7 heteroatoms. The third kappa shape index (κ3) is 2.98. The summed E-state index contributed by atoms with van der Waals surface area (Å²) in [5.74, 6) is 1.61. The first-order valence-corrected chi connectivity index (χ1v) is 7.25. The molecule has 0 bridgehead atoms. The zero-order valence-electron chi connectivity index (χ0n) is 9.34. The van der Waals surface area contributed by atoms with Gasteiger partial charge in [-0.25, -0.2) is 0 Å². The fourth-order valence-electron chi connectivity index (χ4n) is 1.35. The van der Waals surface area contributed by atoms with Crippen LogP contribution in [0.2, 0.25) is 0 Å². The van der Waals surface area contributed by atoms with Crippen molar-refractivity contribution in [1.82, 2.24) is 15.4 Å². The maximum atomic E-state index is 5.01. The summed E-state index contributed by atoms with van der Waals surface area (Å²) in [5, 5.41) is 16.4. The van der Waals surface area contributed by atoms with Gasteiger partial charge in [-0.1, -0.05) is 28.3 Å². The quantitative estimate of drug-likeness (QED) is 0.841. The Balaban J connectivity index is 1.55. The van der Waals surface area contributed by atoms with Crippen LogP contribution in [0.1, 0.15) is 24.3 Å². The van der Waals surface area contributed by atoms with Crippen molar-refractivity contribution < 1.29 is 4.52 Å². The van der Waals surface area contributed by atoms with Gasteiger partial charge in [0.2, 0.25) is 5.13 Å². The Morgan fingerprint density at radius 1 is 1.53 bits per heavy atom. The smallest absolute Gasteiger partial charge is 0.206 e. The van der Waals surface area contributed by atoms with Gasteiger partial charge in [0.25, 0.3) is 0 Å². The van der Waals surface area contributed by atoms with Crippen molar-refractivity contribution in [1.29, 1.82) is 0 Å². The lowest BCUT2D eigenvalue weighted by Crippen LogP contribution is -1.99. The molecule has 1 aliphatic carbocycles.